The summed E-state index contributed by atoms with van der Waals surface area (Å²) in [5.74, 6) is 0. The number of hydrogen-bond acceptors (Lipinski definition) is 2. The van der Waals surface area contributed by atoms with Gasteiger partial charge in [-0.25, -0.2) is 0 Å². The lowest BCUT2D eigenvalue weighted by Gasteiger charge is -2.08. The number of rotatable bonds is 3. The van der Waals surface area contributed by atoms with Gasteiger partial charge in [-0.15, -0.1) is 0 Å². The molecule has 0 aliphatic rings. The summed E-state index contributed by atoms with van der Waals surface area (Å²) in [5, 5.41) is 4.36. The fourth-order valence-corrected chi connectivity index (χ4v) is 2.90. The van der Waals surface area contributed by atoms with Gasteiger partial charge in [-0.2, -0.15) is 0 Å². The van der Waals surface area contributed by atoms with Crippen molar-refractivity contribution in [1.29, 1.82) is 0 Å². The fourth-order valence-electron chi connectivity index (χ4n) is 2.36. The van der Waals surface area contributed by atoms with Crippen molar-refractivity contribution < 1.29 is 0 Å². The molecule has 0 aliphatic carbocycles. The minimum absolute atomic E-state index is 0.0325. The Morgan fingerprint density at radius 2 is 1.95 bits per heavy atom. The van der Waals surface area contributed by atoms with Crippen molar-refractivity contribution in [3.05, 3.63) is 73.6 Å². The molecule has 0 saturated carbocycles. The van der Waals surface area contributed by atoms with Gasteiger partial charge < -0.3 is 10.3 Å². The number of pyridine rings is 1. The van der Waals surface area contributed by atoms with E-state index in [0.29, 0.717) is 6.54 Å². The van der Waals surface area contributed by atoms with Crippen LogP contribution in [0.1, 0.15) is 11.1 Å². The zero-order valence-corrected chi connectivity index (χ0v) is 13.8. The molecule has 21 heavy (non-hydrogen) atoms. The number of H-pyrrole nitrogens is 1. The Bertz CT molecular complexity index is 855. The first-order chi connectivity index (χ1) is 10.1. The first-order valence-corrected chi connectivity index (χ1v) is 7.82. The molecular formula is C17H15IN2O. The molecule has 4 heteroatoms. The van der Waals surface area contributed by atoms with Crippen molar-refractivity contribution in [2.24, 2.45) is 0 Å². The van der Waals surface area contributed by atoms with E-state index in [1.165, 1.54) is 3.57 Å². The van der Waals surface area contributed by atoms with Crippen LogP contribution in [-0.4, -0.2) is 4.98 Å². The molecule has 0 amide bonds. The number of hydrogen-bond donors (Lipinski definition) is 2. The molecule has 1 heterocycles. The quantitative estimate of drug-likeness (QED) is 0.663. The summed E-state index contributed by atoms with van der Waals surface area (Å²) in [6.07, 6.45) is 0. The van der Waals surface area contributed by atoms with Crippen molar-refractivity contribution in [3.8, 4) is 0 Å². The maximum absolute atomic E-state index is 12.2. The highest BCUT2D eigenvalue weighted by Crippen LogP contribution is 2.16. The molecule has 0 atom stereocenters. The number of aromatic nitrogens is 1. The lowest BCUT2D eigenvalue weighted by Crippen LogP contribution is -2.16. The third-order valence-corrected chi connectivity index (χ3v) is 4.14. The lowest BCUT2D eigenvalue weighted by molar-refractivity contribution is 1.09. The second-order valence-electron chi connectivity index (χ2n) is 5.03. The molecule has 0 fully saturated rings. The molecule has 3 aromatic rings. The Hall–Kier alpha value is -1.82. The molecular weight excluding hydrogens is 375 g/mol. The second kappa shape index (κ2) is 5.89. The summed E-state index contributed by atoms with van der Waals surface area (Å²) in [4.78, 5) is 15.2. The van der Waals surface area contributed by atoms with Gasteiger partial charge in [0.25, 0.3) is 5.56 Å². The van der Waals surface area contributed by atoms with Crippen molar-refractivity contribution >= 4 is 39.2 Å². The lowest BCUT2D eigenvalue weighted by atomic mass is 10.1. The fraction of sp³-hybridized carbons (Fsp3) is 0.118. The zero-order chi connectivity index (χ0) is 14.8. The maximum atomic E-state index is 12.2. The average Bonchev–Trinajstić information content (AvgIpc) is 2.46. The van der Waals surface area contributed by atoms with E-state index in [4.69, 9.17) is 0 Å². The largest absolute Gasteiger partial charge is 0.381 e. The number of aryl methyl sites for hydroxylation is 1. The van der Waals surface area contributed by atoms with Gasteiger partial charge in [-0.05, 0) is 64.7 Å². The zero-order valence-electron chi connectivity index (χ0n) is 11.6. The van der Waals surface area contributed by atoms with Crippen LogP contribution < -0.4 is 10.9 Å². The Labute approximate surface area is 136 Å². The van der Waals surface area contributed by atoms with Crippen molar-refractivity contribution in [1.82, 2.24) is 4.98 Å². The minimum Gasteiger partial charge on any atom is -0.381 e. The Balaban J connectivity index is 1.91. The van der Waals surface area contributed by atoms with E-state index >= 15 is 0 Å². The van der Waals surface area contributed by atoms with Crippen LogP contribution in [0.5, 0.6) is 0 Å². The second-order valence-corrected chi connectivity index (χ2v) is 6.27. The van der Waals surface area contributed by atoms with E-state index in [9.17, 15) is 4.79 Å². The van der Waals surface area contributed by atoms with Crippen molar-refractivity contribution in [2.75, 3.05) is 5.32 Å². The molecule has 3 nitrogen and oxygen atoms in total. The predicted molar refractivity (Wildman–Crippen MR) is 95.8 cm³/mol. The summed E-state index contributed by atoms with van der Waals surface area (Å²) in [7, 11) is 0. The van der Waals surface area contributed by atoms with Crippen LogP contribution >= 0.6 is 22.6 Å². The van der Waals surface area contributed by atoms with E-state index in [-0.39, 0.29) is 5.56 Å². The van der Waals surface area contributed by atoms with Crippen LogP contribution in [-0.2, 0) is 6.54 Å². The van der Waals surface area contributed by atoms with E-state index in [1.54, 1.807) is 0 Å². The average molecular weight is 390 g/mol. The van der Waals surface area contributed by atoms with Gasteiger partial charge in [-0.1, -0.05) is 24.3 Å². The third kappa shape index (κ3) is 3.10. The number of benzene rings is 2. The van der Waals surface area contributed by atoms with E-state index in [1.807, 2.05) is 49.4 Å². The van der Waals surface area contributed by atoms with Crippen LogP contribution in [0.3, 0.4) is 0 Å². The van der Waals surface area contributed by atoms with Crippen LogP contribution in [0.2, 0.25) is 0 Å². The van der Waals surface area contributed by atoms with Crippen LogP contribution in [0.4, 0.5) is 5.69 Å². The van der Waals surface area contributed by atoms with Crippen LogP contribution in [0.25, 0.3) is 10.9 Å². The Morgan fingerprint density at radius 3 is 2.76 bits per heavy atom. The van der Waals surface area contributed by atoms with Gasteiger partial charge in [0.05, 0.1) is 5.52 Å². The van der Waals surface area contributed by atoms with Gasteiger partial charge in [-0.3, -0.25) is 4.79 Å². The first-order valence-electron chi connectivity index (χ1n) is 6.74. The highest BCUT2D eigenvalue weighted by Gasteiger charge is 2.04. The van der Waals surface area contributed by atoms with E-state index in [2.05, 4.69) is 39.0 Å². The van der Waals surface area contributed by atoms with Gasteiger partial charge >= 0.3 is 0 Å². The van der Waals surface area contributed by atoms with Crippen molar-refractivity contribution in [2.45, 2.75) is 13.5 Å². The summed E-state index contributed by atoms with van der Waals surface area (Å²) in [6.45, 7) is 2.52. The number of para-hydroxylation sites is 1. The van der Waals surface area contributed by atoms with Gasteiger partial charge in [0.1, 0.15) is 0 Å². The number of halogens is 1. The van der Waals surface area contributed by atoms with Crippen LogP contribution in [0.15, 0.2) is 53.3 Å². The molecule has 0 unspecified atom stereocenters. The molecule has 106 valence electrons. The van der Waals surface area contributed by atoms with Gasteiger partial charge in [0.15, 0.2) is 0 Å². The maximum Gasteiger partial charge on any atom is 0.253 e. The number of aromatic amines is 1. The number of fused-ring (bicyclic) bond motifs is 1. The molecule has 0 saturated heterocycles. The van der Waals surface area contributed by atoms with E-state index in [0.717, 1.165) is 27.7 Å². The molecule has 3 rings (SSSR count). The monoisotopic (exact) mass is 390 g/mol. The molecule has 1 aromatic heterocycles. The standard InChI is InChI=1S/C17H15IN2O/c1-11-4-2-5-12-8-13(17(21)20-16(11)12)10-19-15-7-3-6-14(18)9-15/h2-9,19H,10H2,1H3,(H,20,21). The normalized spacial score (nSPS) is 10.8. The summed E-state index contributed by atoms with van der Waals surface area (Å²) in [5.41, 5.74) is 3.73. The predicted octanol–water partition coefficient (Wildman–Crippen LogP) is 4.05. The molecule has 0 spiro atoms. The van der Waals surface area contributed by atoms with Gasteiger partial charge in [0.2, 0.25) is 0 Å². The SMILES string of the molecule is Cc1cccc2cc(CNc3cccc(I)c3)c(=O)[nH]c12. The van der Waals surface area contributed by atoms with Crippen LogP contribution in [0, 0.1) is 10.5 Å². The smallest absolute Gasteiger partial charge is 0.253 e. The summed E-state index contributed by atoms with van der Waals surface area (Å²) >= 11 is 2.27. The van der Waals surface area contributed by atoms with Gasteiger partial charge in [0, 0.05) is 21.4 Å². The molecule has 0 aliphatic heterocycles. The Kier molecular flexibility index (Phi) is 3.96. The van der Waals surface area contributed by atoms with E-state index < -0.39 is 0 Å². The third-order valence-electron chi connectivity index (χ3n) is 3.47. The molecule has 0 bridgehead atoms. The molecule has 2 aromatic carbocycles. The minimum atomic E-state index is -0.0325. The molecule has 0 radical (unpaired) electrons. The summed E-state index contributed by atoms with van der Waals surface area (Å²) < 4.78 is 1.17. The number of nitrogens with one attached hydrogen (secondary N) is 2. The van der Waals surface area contributed by atoms with Crippen molar-refractivity contribution in [3.63, 3.8) is 0 Å². The topological polar surface area (TPSA) is 44.9 Å². The first kappa shape index (κ1) is 14.1. The summed E-state index contributed by atoms with van der Waals surface area (Å²) in [6, 6.07) is 16.1. The highest BCUT2D eigenvalue weighted by molar-refractivity contribution is 14.1. The Morgan fingerprint density at radius 1 is 1.14 bits per heavy atom. The highest BCUT2D eigenvalue weighted by atomic mass is 127. The molecule has 2 N–H and O–H groups in total. The number of anilines is 1.